The zero-order chi connectivity index (χ0) is 21.0. The lowest BCUT2D eigenvalue weighted by molar-refractivity contribution is 0.102. The van der Waals surface area contributed by atoms with Gasteiger partial charge in [0, 0.05) is 18.5 Å². The molecule has 0 spiro atoms. The smallest absolute Gasteiger partial charge is 0.263 e. The second kappa shape index (κ2) is 8.50. The van der Waals surface area contributed by atoms with Crippen LogP contribution in [0.15, 0.2) is 65.8 Å². The van der Waals surface area contributed by atoms with Crippen LogP contribution in [0.3, 0.4) is 0 Å². The minimum absolute atomic E-state index is 0.0299. The maximum absolute atomic E-state index is 12.7. The monoisotopic (exact) mass is 431 g/mol. The van der Waals surface area contributed by atoms with E-state index < -0.39 is 10.0 Å². The summed E-state index contributed by atoms with van der Waals surface area (Å²) in [4.78, 5) is 16.2. The molecule has 0 bridgehead atoms. The number of anilines is 2. The Morgan fingerprint density at radius 2 is 1.93 bits per heavy atom. The number of aryl methyl sites for hydroxylation is 1. The van der Waals surface area contributed by atoms with Gasteiger partial charge in [-0.15, -0.1) is 0 Å². The SMILES string of the molecule is COc1cc(NS(=O)(=O)c2ccc(C)cc2Cl)ccc1NC(=O)c1cccnc1. The summed E-state index contributed by atoms with van der Waals surface area (Å²) in [5.41, 5.74) is 1.88. The number of carbonyl (C=O) groups is 1. The first-order valence-corrected chi connectivity index (χ1v) is 10.3. The number of rotatable bonds is 6. The lowest BCUT2D eigenvalue weighted by atomic mass is 10.2. The van der Waals surface area contributed by atoms with Crippen LogP contribution in [-0.4, -0.2) is 26.4 Å². The molecule has 1 heterocycles. The van der Waals surface area contributed by atoms with Gasteiger partial charge < -0.3 is 10.1 Å². The maximum atomic E-state index is 12.7. The van der Waals surface area contributed by atoms with Gasteiger partial charge in [0.05, 0.1) is 29.1 Å². The maximum Gasteiger partial charge on any atom is 0.263 e. The van der Waals surface area contributed by atoms with Crippen LogP contribution in [-0.2, 0) is 10.0 Å². The summed E-state index contributed by atoms with van der Waals surface area (Å²) in [5.74, 6) is -0.0754. The molecule has 0 saturated heterocycles. The lowest BCUT2D eigenvalue weighted by Crippen LogP contribution is -2.15. The number of aromatic nitrogens is 1. The molecule has 0 radical (unpaired) electrons. The minimum Gasteiger partial charge on any atom is -0.494 e. The number of sulfonamides is 1. The van der Waals surface area contributed by atoms with Gasteiger partial charge in [-0.25, -0.2) is 8.42 Å². The van der Waals surface area contributed by atoms with Crippen molar-refractivity contribution in [2.45, 2.75) is 11.8 Å². The predicted molar refractivity (Wildman–Crippen MR) is 112 cm³/mol. The number of ether oxygens (including phenoxy) is 1. The number of halogens is 1. The van der Waals surface area contributed by atoms with Gasteiger partial charge in [0.15, 0.2) is 0 Å². The molecular formula is C20H18ClN3O4S. The summed E-state index contributed by atoms with van der Waals surface area (Å²) in [7, 11) is -2.48. The van der Waals surface area contributed by atoms with Crippen molar-refractivity contribution < 1.29 is 17.9 Å². The summed E-state index contributed by atoms with van der Waals surface area (Å²) >= 11 is 6.08. The van der Waals surface area contributed by atoms with Crippen LogP contribution in [0.1, 0.15) is 15.9 Å². The first-order chi connectivity index (χ1) is 13.8. The average molecular weight is 432 g/mol. The zero-order valence-corrected chi connectivity index (χ0v) is 17.2. The summed E-state index contributed by atoms with van der Waals surface area (Å²) in [6, 6.07) is 12.5. The van der Waals surface area contributed by atoms with E-state index in [2.05, 4.69) is 15.0 Å². The molecule has 1 aromatic heterocycles. The molecule has 0 saturated carbocycles. The van der Waals surface area contributed by atoms with Crippen molar-refractivity contribution in [3.63, 3.8) is 0 Å². The van der Waals surface area contributed by atoms with Crippen LogP contribution < -0.4 is 14.8 Å². The molecule has 150 valence electrons. The van der Waals surface area contributed by atoms with Gasteiger partial charge in [0.2, 0.25) is 0 Å². The molecule has 3 rings (SSSR count). The number of nitrogens with zero attached hydrogens (tertiary/aromatic N) is 1. The van der Waals surface area contributed by atoms with Crippen LogP contribution in [0, 0.1) is 6.92 Å². The van der Waals surface area contributed by atoms with Crippen LogP contribution >= 0.6 is 11.6 Å². The fourth-order valence-corrected chi connectivity index (χ4v) is 4.23. The van der Waals surface area contributed by atoms with E-state index in [1.807, 2.05) is 6.92 Å². The summed E-state index contributed by atoms with van der Waals surface area (Å²) in [6.45, 7) is 1.82. The Kier molecular flexibility index (Phi) is 6.05. The minimum atomic E-state index is -3.90. The highest BCUT2D eigenvalue weighted by atomic mass is 35.5. The molecule has 2 N–H and O–H groups in total. The van der Waals surface area contributed by atoms with Crippen molar-refractivity contribution in [3.8, 4) is 5.75 Å². The Morgan fingerprint density at radius 3 is 2.59 bits per heavy atom. The summed E-state index contributed by atoms with van der Waals surface area (Å²) in [6.07, 6.45) is 3.01. The third-order valence-electron chi connectivity index (χ3n) is 4.00. The number of benzene rings is 2. The molecule has 0 fully saturated rings. The average Bonchev–Trinajstić information content (AvgIpc) is 2.69. The quantitative estimate of drug-likeness (QED) is 0.612. The van der Waals surface area contributed by atoms with Gasteiger partial charge >= 0.3 is 0 Å². The first-order valence-electron chi connectivity index (χ1n) is 8.48. The topological polar surface area (TPSA) is 97.4 Å². The van der Waals surface area contributed by atoms with Gasteiger partial charge in [0.25, 0.3) is 15.9 Å². The molecule has 0 aliphatic heterocycles. The van der Waals surface area contributed by atoms with E-state index in [0.717, 1.165) is 5.56 Å². The molecule has 2 aromatic carbocycles. The first kappa shape index (κ1) is 20.6. The van der Waals surface area contributed by atoms with E-state index in [1.165, 1.54) is 31.5 Å². The second-order valence-electron chi connectivity index (χ2n) is 6.15. The number of carbonyl (C=O) groups excluding carboxylic acids is 1. The van der Waals surface area contributed by atoms with E-state index in [0.29, 0.717) is 11.3 Å². The summed E-state index contributed by atoms with van der Waals surface area (Å²) in [5, 5.41) is 2.84. The Morgan fingerprint density at radius 1 is 1.14 bits per heavy atom. The molecule has 3 aromatic rings. The molecule has 0 aliphatic carbocycles. The lowest BCUT2D eigenvalue weighted by Gasteiger charge is -2.14. The highest BCUT2D eigenvalue weighted by molar-refractivity contribution is 7.92. The molecular weight excluding hydrogens is 414 g/mol. The van der Waals surface area contributed by atoms with Gasteiger partial charge in [-0.1, -0.05) is 17.7 Å². The Labute approximate surface area is 173 Å². The van der Waals surface area contributed by atoms with Gasteiger partial charge in [-0.2, -0.15) is 0 Å². The van der Waals surface area contributed by atoms with Gasteiger partial charge in [-0.3, -0.25) is 14.5 Å². The van der Waals surface area contributed by atoms with Crippen LogP contribution in [0.5, 0.6) is 5.75 Å². The van der Waals surface area contributed by atoms with Gasteiger partial charge in [-0.05, 0) is 48.9 Å². The zero-order valence-electron chi connectivity index (χ0n) is 15.6. The standard InChI is InChI=1S/C20H18ClN3O4S/c1-13-5-8-19(16(21)10-13)29(26,27)24-15-6-7-17(18(11-15)28-2)23-20(25)14-4-3-9-22-12-14/h3-12,24H,1-2H3,(H,23,25). The van der Waals surface area contributed by atoms with E-state index in [1.54, 1.807) is 36.5 Å². The third-order valence-corrected chi connectivity index (χ3v) is 5.87. The molecule has 0 unspecified atom stereocenters. The van der Waals surface area contributed by atoms with Crippen molar-refractivity contribution in [1.29, 1.82) is 0 Å². The van der Waals surface area contributed by atoms with Gasteiger partial charge in [0.1, 0.15) is 10.6 Å². The fourth-order valence-electron chi connectivity index (χ4n) is 2.58. The van der Waals surface area contributed by atoms with E-state index in [4.69, 9.17) is 16.3 Å². The highest BCUT2D eigenvalue weighted by Gasteiger charge is 2.19. The largest absolute Gasteiger partial charge is 0.494 e. The van der Waals surface area contributed by atoms with E-state index >= 15 is 0 Å². The van der Waals surface area contributed by atoms with Crippen molar-refractivity contribution in [2.75, 3.05) is 17.1 Å². The Balaban J connectivity index is 1.84. The number of hydrogen-bond donors (Lipinski definition) is 2. The normalized spacial score (nSPS) is 11.0. The van der Waals surface area contributed by atoms with Crippen molar-refractivity contribution in [1.82, 2.24) is 4.98 Å². The van der Waals surface area contributed by atoms with E-state index in [-0.39, 0.29) is 27.3 Å². The van der Waals surface area contributed by atoms with Crippen molar-refractivity contribution in [3.05, 3.63) is 77.1 Å². The predicted octanol–water partition coefficient (Wildman–Crippen LogP) is 4.11. The molecule has 0 atom stereocenters. The number of pyridine rings is 1. The number of nitrogens with one attached hydrogen (secondary N) is 2. The van der Waals surface area contributed by atoms with Crippen LogP contribution in [0.2, 0.25) is 5.02 Å². The van der Waals surface area contributed by atoms with Crippen molar-refractivity contribution >= 4 is 38.9 Å². The number of methoxy groups -OCH3 is 1. The summed E-state index contributed by atoms with van der Waals surface area (Å²) < 4.78 is 33.1. The molecule has 0 aliphatic rings. The Bertz CT molecular complexity index is 1150. The van der Waals surface area contributed by atoms with Crippen molar-refractivity contribution in [2.24, 2.45) is 0 Å². The molecule has 1 amide bonds. The molecule has 9 heteroatoms. The number of amides is 1. The van der Waals surface area contributed by atoms with Crippen LogP contribution in [0.25, 0.3) is 0 Å². The Hall–Kier alpha value is -3.10. The number of hydrogen-bond acceptors (Lipinski definition) is 5. The molecule has 29 heavy (non-hydrogen) atoms. The van der Waals surface area contributed by atoms with E-state index in [9.17, 15) is 13.2 Å². The third kappa shape index (κ3) is 4.85. The fraction of sp³-hybridized carbons (Fsp3) is 0.100. The highest BCUT2D eigenvalue weighted by Crippen LogP contribution is 2.31. The second-order valence-corrected chi connectivity index (χ2v) is 8.21. The molecule has 7 nitrogen and oxygen atoms in total. The van der Waals surface area contributed by atoms with Crippen LogP contribution in [0.4, 0.5) is 11.4 Å².